The number of rotatable bonds is 6. The van der Waals surface area contributed by atoms with Crippen LogP contribution in [0.25, 0.3) is 6.08 Å². The maximum atomic E-state index is 12.8. The summed E-state index contributed by atoms with van der Waals surface area (Å²) in [6.45, 7) is 3.45. The van der Waals surface area contributed by atoms with Gasteiger partial charge in [0.25, 0.3) is 5.91 Å². The van der Waals surface area contributed by atoms with E-state index >= 15 is 0 Å². The Balaban J connectivity index is 1.82. The van der Waals surface area contributed by atoms with Crippen molar-refractivity contribution in [1.82, 2.24) is 4.90 Å². The predicted molar refractivity (Wildman–Crippen MR) is 106 cm³/mol. The van der Waals surface area contributed by atoms with Crippen molar-refractivity contribution in [3.63, 3.8) is 0 Å². The number of nitrogens with zero attached hydrogens (tertiary/aromatic N) is 2. The lowest BCUT2D eigenvalue weighted by Gasteiger charge is -2.14. The fourth-order valence-corrected chi connectivity index (χ4v) is 3.58. The van der Waals surface area contributed by atoms with E-state index in [-0.39, 0.29) is 5.91 Å². The first-order valence-corrected chi connectivity index (χ1v) is 9.44. The van der Waals surface area contributed by atoms with Gasteiger partial charge in [-0.15, -0.1) is 0 Å². The molecule has 0 aromatic heterocycles. The van der Waals surface area contributed by atoms with E-state index in [2.05, 4.69) is 19.1 Å². The second-order valence-corrected chi connectivity index (χ2v) is 6.93. The summed E-state index contributed by atoms with van der Waals surface area (Å²) in [7, 11) is 0. The summed E-state index contributed by atoms with van der Waals surface area (Å²) in [6, 6.07) is 20.1. The Morgan fingerprint density at radius 3 is 2.40 bits per heavy atom. The zero-order valence-electron chi connectivity index (χ0n) is 14.4. The SMILES string of the molecule is CCCCN1C(=O)/C(=C/c2ccccc2)S/C1=N\Cc1ccccc1. The Bertz CT molecular complexity index is 769. The number of hydrogen-bond acceptors (Lipinski definition) is 3. The third kappa shape index (κ3) is 4.60. The molecule has 3 nitrogen and oxygen atoms in total. The summed E-state index contributed by atoms with van der Waals surface area (Å²) in [5.41, 5.74) is 2.19. The van der Waals surface area contributed by atoms with Crippen molar-refractivity contribution in [3.8, 4) is 0 Å². The number of amides is 1. The molecule has 0 unspecified atom stereocenters. The number of carbonyl (C=O) groups excluding carboxylic acids is 1. The molecule has 0 bridgehead atoms. The standard InChI is InChI=1S/C21H22N2OS/c1-2-3-14-23-20(24)19(15-17-10-6-4-7-11-17)25-21(23)22-16-18-12-8-5-9-13-18/h4-13,15H,2-3,14,16H2,1H3/b19-15-,22-21-. The van der Waals surface area contributed by atoms with Crippen LogP contribution >= 0.6 is 11.8 Å². The van der Waals surface area contributed by atoms with Crippen LogP contribution in [0.15, 0.2) is 70.6 Å². The highest BCUT2D eigenvalue weighted by Gasteiger charge is 2.32. The number of carbonyl (C=O) groups is 1. The van der Waals surface area contributed by atoms with Crippen LogP contribution in [-0.4, -0.2) is 22.5 Å². The Labute approximate surface area is 153 Å². The molecule has 1 aliphatic rings. The van der Waals surface area contributed by atoms with Gasteiger partial charge in [0.2, 0.25) is 0 Å². The zero-order chi connectivity index (χ0) is 17.5. The van der Waals surface area contributed by atoms with Crippen molar-refractivity contribution in [2.45, 2.75) is 26.3 Å². The van der Waals surface area contributed by atoms with Gasteiger partial charge in [-0.2, -0.15) is 0 Å². The minimum atomic E-state index is 0.0640. The molecule has 0 atom stereocenters. The van der Waals surface area contributed by atoms with E-state index in [9.17, 15) is 4.79 Å². The zero-order valence-corrected chi connectivity index (χ0v) is 15.2. The largest absolute Gasteiger partial charge is 0.287 e. The van der Waals surface area contributed by atoms with E-state index < -0.39 is 0 Å². The summed E-state index contributed by atoms with van der Waals surface area (Å²) in [6.07, 6.45) is 3.99. The molecule has 3 rings (SSSR count). The van der Waals surface area contributed by atoms with Gasteiger partial charge >= 0.3 is 0 Å². The van der Waals surface area contributed by atoms with E-state index in [1.807, 2.05) is 59.5 Å². The Kier molecular flexibility index (Phi) is 6.07. The lowest BCUT2D eigenvalue weighted by Crippen LogP contribution is -2.30. The molecule has 128 valence electrons. The van der Waals surface area contributed by atoms with E-state index in [0.717, 1.165) is 40.6 Å². The predicted octanol–water partition coefficient (Wildman–Crippen LogP) is 4.96. The molecule has 1 saturated heterocycles. The highest BCUT2D eigenvalue weighted by Crippen LogP contribution is 2.33. The third-order valence-electron chi connectivity index (χ3n) is 3.96. The first-order valence-electron chi connectivity index (χ1n) is 8.63. The highest BCUT2D eigenvalue weighted by molar-refractivity contribution is 8.18. The maximum Gasteiger partial charge on any atom is 0.266 e. The number of thioether (sulfide) groups is 1. The topological polar surface area (TPSA) is 32.7 Å². The first-order chi connectivity index (χ1) is 12.3. The van der Waals surface area contributed by atoms with Crippen molar-refractivity contribution in [2.24, 2.45) is 4.99 Å². The average molecular weight is 350 g/mol. The van der Waals surface area contributed by atoms with Gasteiger partial charge in [-0.3, -0.25) is 14.7 Å². The summed E-state index contributed by atoms with van der Waals surface area (Å²) < 4.78 is 0. The van der Waals surface area contributed by atoms with Gasteiger partial charge in [0.15, 0.2) is 5.17 Å². The van der Waals surface area contributed by atoms with Crippen molar-refractivity contribution in [2.75, 3.05) is 6.54 Å². The fraction of sp³-hybridized carbons (Fsp3) is 0.238. The molecule has 1 amide bonds. The number of amidine groups is 1. The first kappa shape index (κ1) is 17.5. The molecule has 0 N–H and O–H groups in total. The van der Waals surface area contributed by atoms with Gasteiger partial charge in [-0.25, -0.2) is 0 Å². The van der Waals surface area contributed by atoms with E-state index in [1.165, 1.54) is 11.8 Å². The smallest absolute Gasteiger partial charge is 0.266 e. The van der Waals surface area contributed by atoms with Gasteiger partial charge < -0.3 is 0 Å². The van der Waals surface area contributed by atoms with Crippen LogP contribution in [0.5, 0.6) is 0 Å². The van der Waals surface area contributed by atoms with Crippen molar-refractivity contribution in [3.05, 3.63) is 76.7 Å². The second-order valence-electron chi connectivity index (χ2n) is 5.92. The van der Waals surface area contributed by atoms with Gasteiger partial charge in [0.1, 0.15) is 0 Å². The molecule has 0 radical (unpaired) electrons. The van der Waals surface area contributed by atoms with Gasteiger partial charge in [0.05, 0.1) is 11.4 Å². The number of unbranched alkanes of at least 4 members (excludes halogenated alkanes) is 1. The summed E-state index contributed by atoms with van der Waals surface area (Å²) in [5.74, 6) is 0.0640. The molecule has 25 heavy (non-hydrogen) atoms. The molecule has 1 fully saturated rings. The van der Waals surface area contributed by atoms with Crippen molar-refractivity contribution < 1.29 is 4.79 Å². The number of aliphatic imine (C=N–C) groups is 1. The lowest BCUT2D eigenvalue weighted by molar-refractivity contribution is -0.122. The molecule has 2 aromatic rings. The molecule has 0 saturated carbocycles. The van der Waals surface area contributed by atoms with E-state index in [1.54, 1.807) is 0 Å². The molecular weight excluding hydrogens is 328 g/mol. The maximum absolute atomic E-state index is 12.8. The molecular formula is C21H22N2OS. The minimum Gasteiger partial charge on any atom is -0.287 e. The lowest BCUT2D eigenvalue weighted by atomic mass is 10.2. The Hall–Kier alpha value is -2.33. The van der Waals surface area contributed by atoms with Gasteiger partial charge in [-0.05, 0) is 35.4 Å². The van der Waals surface area contributed by atoms with Crippen LogP contribution in [0.2, 0.25) is 0 Å². The third-order valence-corrected chi connectivity index (χ3v) is 5.00. The molecule has 0 aliphatic carbocycles. The minimum absolute atomic E-state index is 0.0640. The van der Waals surface area contributed by atoms with Gasteiger partial charge in [0, 0.05) is 6.54 Å². The fourth-order valence-electron chi connectivity index (χ4n) is 2.58. The average Bonchev–Trinajstić information content (AvgIpc) is 2.95. The summed E-state index contributed by atoms with van der Waals surface area (Å²) in [4.78, 5) is 20.1. The number of benzene rings is 2. The molecule has 1 heterocycles. The molecule has 1 aliphatic heterocycles. The van der Waals surface area contributed by atoms with Crippen LogP contribution in [-0.2, 0) is 11.3 Å². The second kappa shape index (κ2) is 8.67. The van der Waals surface area contributed by atoms with E-state index in [0.29, 0.717) is 6.54 Å². The quantitative estimate of drug-likeness (QED) is 0.690. The molecule has 4 heteroatoms. The molecule has 0 spiro atoms. The Morgan fingerprint density at radius 2 is 1.72 bits per heavy atom. The summed E-state index contributed by atoms with van der Waals surface area (Å²) in [5, 5.41) is 0.810. The van der Waals surface area contributed by atoms with Crippen LogP contribution in [0.3, 0.4) is 0 Å². The van der Waals surface area contributed by atoms with Crippen LogP contribution in [0.1, 0.15) is 30.9 Å². The van der Waals surface area contributed by atoms with Crippen molar-refractivity contribution >= 4 is 28.9 Å². The molecule has 2 aromatic carbocycles. The van der Waals surface area contributed by atoms with Crippen molar-refractivity contribution in [1.29, 1.82) is 0 Å². The summed E-state index contributed by atoms with van der Waals surface area (Å²) >= 11 is 1.48. The Morgan fingerprint density at radius 1 is 1.04 bits per heavy atom. The van der Waals surface area contributed by atoms with Crippen LogP contribution in [0, 0.1) is 0 Å². The van der Waals surface area contributed by atoms with Gasteiger partial charge in [-0.1, -0.05) is 74.0 Å². The highest BCUT2D eigenvalue weighted by atomic mass is 32.2. The normalized spacial score (nSPS) is 17.6. The van der Waals surface area contributed by atoms with Crippen LogP contribution < -0.4 is 0 Å². The van der Waals surface area contributed by atoms with Crippen LogP contribution in [0.4, 0.5) is 0 Å². The monoisotopic (exact) mass is 350 g/mol. The number of hydrogen-bond donors (Lipinski definition) is 0. The van der Waals surface area contributed by atoms with E-state index in [4.69, 9.17) is 4.99 Å².